The summed E-state index contributed by atoms with van der Waals surface area (Å²) in [4.78, 5) is 42.5. The first-order valence-corrected chi connectivity index (χ1v) is 13.2. The van der Waals surface area contributed by atoms with E-state index < -0.39 is 29.3 Å². The monoisotopic (exact) mass is 501 g/mol. The fourth-order valence-electron chi connectivity index (χ4n) is 4.26. The summed E-state index contributed by atoms with van der Waals surface area (Å²) in [5.74, 6) is -0.354. The van der Waals surface area contributed by atoms with Crippen molar-refractivity contribution in [2.45, 2.75) is 118 Å². The van der Waals surface area contributed by atoms with Crippen LogP contribution in [0.3, 0.4) is 0 Å². The first-order valence-electron chi connectivity index (χ1n) is 13.2. The standard InChI is InChI=1S/C29H47N3O4/c1-12-17(2)23(30-27(35)36-29(9,10)11)26(34)32(22-16-20(22)5)24(25(33)31-28(6,7)8)21-14-13-18(3)19(4)15-21/h13-15,17,20,22-24H,12,16H2,1-11H3,(H,30,35)(H,31,33). The molecule has 7 heteroatoms. The van der Waals surface area contributed by atoms with Crippen LogP contribution in [0.4, 0.5) is 4.79 Å². The minimum atomic E-state index is -0.811. The van der Waals surface area contributed by atoms with Crippen LogP contribution in [-0.4, -0.2) is 46.0 Å². The first-order chi connectivity index (χ1) is 16.4. The molecule has 5 atom stereocenters. The SMILES string of the molecule is CCC(C)C(NC(=O)OC(C)(C)C)C(=O)N(C(C(=O)NC(C)(C)C)c1ccc(C)c(C)c1)C1CC1C. The summed E-state index contributed by atoms with van der Waals surface area (Å²) in [7, 11) is 0. The number of ether oxygens (including phenoxy) is 1. The number of amides is 3. The van der Waals surface area contributed by atoms with Gasteiger partial charge >= 0.3 is 6.09 Å². The highest BCUT2D eigenvalue weighted by Gasteiger charge is 2.49. The van der Waals surface area contributed by atoms with E-state index in [2.05, 4.69) is 17.6 Å². The summed E-state index contributed by atoms with van der Waals surface area (Å²) in [5.41, 5.74) is 1.79. The first kappa shape index (κ1) is 29.7. The van der Waals surface area contributed by atoms with Gasteiger partial charge in [-0.2, -0.15) is 0 Å². The van der Waals surface area contributed by atoms with E-state index in [0.717, 1.165) is 23.1 Å². The Morgan fingerprint density at radius 2 is 1.67 bits per heavy atom. The second kappa shape index (κ2) is 11.2. The molecule has 1 fully saturated rings. The summed E-state index contributed by atoms with van der Waals surface area (Å²) >= 11 is 0. The van der Waals surface area contributed by atoms with Crippen molar-refractivity contribution in [2.75, 3.05) is 0 Å². The van der Waals surface area contributed by atoms with E-state index in [1.807, 2.05) is 66.7 Å². The maximum atomic E-state index is 14.3. The predicted octanol–water partition coefficient (Wildman–Crippen LogP) is 5.44. The summed E-state index contributed by atoms with van der Waals surface area (Å²) in [6.45, 7) is 21.2. The molecular weight excluding hydrogens is 454 g/mol. The number of carbonyl (C=O) groups excluding carboxylic acids is 3. The molecule has 0 heterocycles. The Kier molecular flexibility index (Phi) is 9.25. The van der Waals surface area contributed by atoms with Crippen molar-refractivity contribution in [1.29, 1.82) is 0 Å². The molecular formula is C29H47N3O4. The Morgan fingerprint density at radius 1 is 1.08 bits per heavy atom. The number of hydrogen-bond acceptors (Lipinski definition) is 4. The highest BCUT2D eigenvalue weighted by Crippen LogP contribution is 2.41. The lowest BCUT2D eigenvalue weighted by Gasteiger charge is -2.37. The van der Waals surface area contributed by atoms with E-state index in [1.54, 1.807) is 25.7 Å². The van der Waals surface area contributed by atoms with Crippen LogP contribution in [0.15, 0.2) is 18.2 Å². The number of aryl methyl sites for hydroxylation is 2. The van der Waals surface area contributed by atoms with Gasteiger partial charge in [-0.25, -0.2) is 4.79 Å². The van der Waals surface area contributed by atoms with Crippen LogP contribution in [0.2, 0.25) is 0 Å². The third-order valence-electron chi connectivity index (χ3n) is 6.70. The predicted molar refractivity (Wildman–Crippen MR) is 144 cm³/mol. The highest BCUT2D eigenvalue weighted by atomic mass is 16.6. The zero-order chi connectivity index (χ0) is 27.6. The number of rotatable bonds is 8. The van der Waals surface area contributed by atoms with E-state index in [0.29, 0.717) is 6.42 Å². The van der Waals surface area contributed by atoms with Gasteiger partial charge in [0.05, 0.1) is 0 Å². The van der Waals surface area contributed by atoms with Gasteiger partial charge in [0.1, 0.15) is 17.7 Å². The van der Waals surface area contributed by atoms with E-state index in [4.69, 9.17) is 4.74 Å². The molecule has 36 heavy (non-hydrogen) atoms. The van der Waals surface area contributed by atoms with Crippen molar-refractivity contribution in [3.05, 3.63) is 34.9 Å². The molecule has 1 saturated carbocycles. The van der Waals surface area contributed by atoms with Crippen molar-refractivity contribution in [2.24, 2.45) is 11.8 Å². The molecule has 1 aliphatic rings. The number of nitrogens with one attached hydrogen (secondary N) is 2. The number of alkyl carbamates (subject to hydrolysis) is 1. The third-order valence-corrected chi connectivity index (χ3v) is 6.70. The van der Waals surface area contributed by atoms with Gasteiger partial charge in [0.2, 0.25) is 11.8 Å². The van der Waals surface area contributed by atoms with Crippen LogP contribution in [0, 0.1) is 25.7 Å². The van der Waals surface area contributed by atoms with Crippen molar-refractivity contribution in [3.63, 3.8) is 0 Å². The maximum absolute atomic E-state index is 14.3. The molecule has 7 nitrogen and oxygen atoms in total. The zero-order valence-electron chi connectivity index (χ0n) is 24.1. The maximum Gasteiger partial charge on any atom is 0.408 e. The van der Waals surface area contributed by atoms with E-state index >= 15 is 0 Å². The molecule has 0 radical (unpaired) electrons. The van der Waals surface area contributed by atoms with Crippen LogP contribution >= 0.6 is 0 Å². The fraction of sp³-hybridized carbons (Fsp3) is 0.690. The Hall–Kier alpha value is -2.57. The van der Waals surface area contributed by atoms with Crippen molar-refractivity contribution in [1.82, 2.24) is 15.5 Å². The number of carbonyl (C=O) groups is 3. The molecule has 2 N–H and O–H groups in total. The molecule has 1 aliphatic carbocycles. The molecule has 0 aliphatic heterocycles. The van der Waals surface area contributed by atoms with Gasteiger partial charge in [-0.15, -0.1) is 0 Å². The van der Waals surface area contributed by atoms with E-state index in [-0.39, 0.29) is 29.7 Å². The summed E-state index contributed by atoms with van der Waals surface area (Å²) in [6, 6.07) is 4.22. The summed E-state index contributed by atoms with van der Waals surface area (Å²) in [5, 5.41) is 5.93. The molecule has 2 rings (SSSR count). The average molecular weight is 502 g/mol. The number of nitrogens with zero attached hydrogens (tertiary/aromatic N) is 1. The second-order valence-electron chi connectivity index (χ2n) is 12.5. The van der Waals surface area contributed by atoms with Gasteiger partial charge in [0.15, 0.2) is 0 Å². The lowest BCUT2D eigenvalue weighted by atomic mass is 9.94. The average Bonchev–Trinajstić information content (AvgIpc) is 3.44. The van der Waals surface area contributed by atoms with Crippen LogP contribution in [0.25, 0.3) is 0 Å². The van der Waals surface area contributed by atoms with Gasteiger partial charge in [0.25, 0.3) is 0 Å². The highest BCUT2D eigenvalue weighted by molar-refractivity contribution is 5.93. The second-order valence-corrected chi connectivity index (χ2v) is 12.5. The molecule has 0 bridgehead atoms. The van der Waals surface area contributed by atoms with Crippen LogP contribution in [0.1, 0.15) is 97.9 Å². The lowest BCUT2D eigenvalue weighted by molar-refractivity contribution is -0.145. The third kappa shape index (κ3) is 7.97. The molecule has 3 amide bonds. The van der Waals surface area contributed by atoms with Crippen LogP contribution in [-0.2, 0) is 14.3 Å². The normalized spacial score (nSPS) is 20.1. The minimum absolute atomic E-state index is 0.0816. The van der Waals surface area contributed by atoms with Crippen LogP contribution in [0.5, 0.6) is 0 Å². The Labute approximate surface area is 217 Å². The zero-order valence-corrected chi connectivity index (χ0v) is 24.1. The van der Waals surface area contributed by atoms with Crippen molar-refractivity contribution < 1.29 is 19.1 Å². The fourth-order valence-corrected chi connectivity index (χ4v) is 4.26. The Morgan fingerprint density at radius 3 is 2.11 bits per heavy atom. The number of hydrogen-bond donors (Lipinski definition) is 2. The van der Waals surface area contributed by atoms with Gasteiger partial charge in [0, 0.05) is 11.6 Å². The Balaban J connectivity index is 2.57. The van der Waals surface area contributed by atoms with Gasteiger partial charge in [-0.3, -0.25) is 9.59 Å². The van der Waals surface area contributed by atoms with Gasteiger partial charge < -0.3 is 20.3 Å². The summed E-state index contributed by atoms with van der Waals surface area (Å²) < 4.78 is 5.48. The molecule has 0 aromatic heterocycles. The minimum Gasteiger partial charge on any atom is -0.444 e. The quantitative estimate of drug-likeness (QED) is 0.497. The Bertz CT molecular complexity index is 960. The van der Waals surface area contributed by atoms with Crippen molar-refractivity contribution >= 4 is 17.9 Å². The topological polar surface area (TPSA) is 87.7 Å². The smallest absolute Gasteiger partial charge is 0.408 e. The van der Waals surface area contributed by atoms with Crippen LogP contribution < -0.4 is 10.6 Å². The molecule has 0 spiro atoms. The van der Waals surface area contributed by atoms with E-state index in [1.165, 1.54) is 0 Å². The molecule has 5 unspecified atom stereocenters. The summed E-state index contributed by atoms with van der Waals surface area (Å²) in [6.07, 6.45) is 0.866. The molecule has 1 aromatic carbocycles. The molecule has 0 saturated heterocycles. The van der Waals surface area contributed by atoms with E-state index in [9.17, 15) is 14.4 Å². The molecule has 202 valence electrons. The molecule has 1 aromatic rings. The number of benzene rings is 1. The van der Waals surface area contributed by atoms with Gasteiger partial charge in [-0.1, -0.05) is 45.4 Å². The van der Waals surface area contributed by atoms with Crippen molar-refractivity contribution in [3.8, 4) is 0 Å². The largest absolute Gasteiger partial charge is 0.444 e. The van der Waals surface area contributed by atoms with Gasteiger partial charge in [-0.05, 0) is 90.3 Å². The lowest BCUT2D eigenvalue weighted by Crippen LogP contribution is -2.57.